The number of aliphatic hydroxyl groups is 1. The summed E-state index contributed by atoms with van der Waals surface area (Å²) in [6.07, 6.45) is 0. The highest BCUT2D eigenvalue weighted by atomic mass is 32.1. The van der Waals surface area contributed by atoms with E-state index in [-0.39, 0.29) is 12.6 Å². The Morgan fingerprint density at radius 3 is 2.67 bits per heavy atom. The quantitative estimate of drug-likeness (QED) is 0.834. The highest BCUT2D eigenvalue weighted by molar-refractivity contribution is 7.14. The summed E-state index contributed by atoms with van der Waals surface area (Å²) in [7, 11) is 1.39. The van der Waals surface area contributed by atoms with Crippen LogP contribution in [0.2, 0.25) is 0 Å². The maximum atomic E-state index is 11.6. The normalized spacial score (nSPS) is 10.4. The average molecular weight is 305 g/mol. The number of para-hydroxylation sites is 1. The van der Waals surface area contributed by atoms with E-state index < -0.39 is 0 Å². The Kier molecular flexibility index (Phi) is 5.36. The summed E-state index contributed by atoms with van der Waals surface area (Å²) in [6.45, 7) is 3.28. The van der Waals surface area contributed by atoms with Crippen LogP contribution in [0.1, 0.15) is 20.1 Å². The van der Waals surface area contributed by atoms with Crippen molar-refractivity contribution in [2.45, 2.75) is 13.5 Å². The van der Waals surface area contributed by atoms with Crippen molar-refractivity contribution in [1.29, 1.82) is 0 Å². The number of anilines is 1. The van der Waals surface area contributed by atoms with Crippen LogP contribution in [0.25, 0.3) is 0 Å². The molecule has 112 valence electrons. The van der Waals surface area contributed by atoms with Gasteiger partial charge in [0.05, 0.1) is 13.7 Å². The van der Waals surface area contributed by atoms with Crippen LogP contribution in [-0.2, 0) is 11.3 Å². The van der Waals surface area contributed by atoms with E-state index >= 15 is 0 Å². The molecule has 0 spiro atoms. The van der Waals surface area contributed by atoms with Gasteiger partial charge in [-0.1, -0.05) is 18.2 Å². The topological polar surface area (TPSA) is 49.8 Å². The van der Waals surface area contributed by atoms with Crippen LogP contribution in [0.3, 0.4) is 0 Å². The molecule has 4 nitrogen and oxygen atoms in total. The lowest BCUT2D eigenvalue weighted by Gasteiger charge is -2.24. The summed E-state index contributed by atoms with van der Waals surface area (Å²) < 4.78 is 4.76. The summed E-state index contributed by atoms with van der Waals surface area (Å²) in [5.74, 6) is -0.303. The van der Waals surface area contributed by atoms with Gasteiger partial charge in [-0.3, -0.25) is 0 Å². The minimum Gasteiger partial charge on any atom is -0.465 e. The molecule has 5 heteroatoms. The molecule has 0 aliphatic heterocycles. The molecule has 1 aromatic heterocycles. The second-order valence-electron chi connectivity index (χ2n) is 4.66. The molecule has 1 N–H and O–H groups in total. The molecular formula is C16H19NO3S. The number of aliphatic hydroxyl groups excluding tert-OH is 1. The van der Waals surface area contributed by atoms with Crippen molar-refractivity contribution in [1.82, 2.24) is 0 Å². The van der Waals surface area contributed by atoms with Crippen LogP contribution < -0.4 is 4.90 Å². The van der Waals surface area contributed by atoms with Gasteiger partial charge in [-0.25, -0.2) is 4.79 Å². The van der Waals surface area contributed by atoms with Crippen LogP contribution in [0, 0.1) is 6.92 Å². The van der Waals surface area contributed by atoms with Crippen molar-refractivity contribution in [2.75, 3.05) is 25.2 Å². The number of methoxy groups -OCH3 is 1. The van der Waals surface area contributed by atoms with Crippen LogP contribution in [0.15, 0.2) is 36.4 Å². The first kappa shape index (κ1) is 15.5. The van der Waals surface area contributed by atoms with Gasteiger partial charge in [0, 0.05) is 23.7 Å². The third-order valence-electron chi connectivity index (χ3n) is 3.26. The number of esters is 1. The van der Waals surface area contributed by atoms with Crippen molar-refractivity contribution in [3.63, 3.8) is 0 Å². The van der Waals surface area contributed by atoms with Gasteiger partial charge >= 0.3 is 5.97 Å². The number of hydrogen-bond acceptors (Lipinski definition) is 5. The van der Waals surface area contributed by atoms with Gasteiger partial charge in [0.2, 0.25) is 0 Å². The highest BCUT2D eigenvalue weighted by Crippen LogP contribution is 2.25. The Morgan fingerprint density at radius 1 is 1.33 bits per heavy atom. The minimum atomic E-state index is -0.303. The molecule has 0 atom stereocenters. The summed E-state index contributed by atoms with van der Waals surface area (Å²) in [6, 6.07) is 11.8. The summed E-state index contributed by atoms with van der Waals surface area (Å²) in [5, 5.41) is 9.26. The molecule has 0 aliphatic carbocycles. The fourth-order valence-corrected chi connectivity index (χ4v) is 3.09. The maximum absolute atomic E-state index is 11.6. The van der Waals surface area contributed by atoms with E-state index in [4.69, 9.17) is 4.74 Å². The number of benzene rings is 1. The predicted molar refractivity (Wildman–Crippen MR) is 85.0 cm³/mol. The van der Waals surface area contributed by atoms with E-state index in [9.17, 15) is 9.90 Å². The number of ether oxygens (including phenoxy) is 1. The molecule has 1 aromatic carbocycles. The van der Waals surface area contributed by atoms with Gasteiger partial charge in [0.1, 0.15) is 4.88 Å². The SMILES string of the molecule is COC(=O)c1cc(CN(CCO)c2ccccc2)c(C)s1. The van der Waals surface area contributed by atoms with E-state index in [1.165, 1.54) is 18.4 Å². The molecule has 21 heavy (non-hydrogen) atoms. The minimum absolute atomic E-state index is 0.0853. The van der Waals surface area contributed by atoms with Crippen LogP contribution in [0.5, 0.6) is 0 Å². The molecule has 0 bridgehead atoms. The molecule has 1 heterocycles. The number of thiophene rings is 1. The number of aryl methyl sites for hydroxylation is 1. The molecule has 0 amide bonds. The Labute approximate surface area is 128 Å². The van der Waals surface area contributed by atoms with Crippen molar-refractivity contribution < 1.29 is 14.6 Å². The largest absolute Gasteiger partial charge is 0.465 e. The third kappa shape index (κ3) is 3.83. The molecule has 0 saturated carbocycles. The van der Waals surface area contributed by atoms with E-state index in [2.05, 4.69) is 4.90 Å². The Morgan fingerprint density at radius 2 is 2.05 bits per heavy atom. The smallest absolute Gasteiger partial charge is 0.348 e. The number of hydrogen-bond donors (Lipinski definition) is 1. The number of carbonyl (C=O) groups excluding carboxylic acids is 1. The first-order valence-corrected chi connectivity index (χ1v) is 7.56. The monoisotopic (exact) mass is 305 g/mol. The first-order valence-electron chi connectivity index (χ1n) is 6.74. The number of rotatable bonds is 6. The van der Waals surface area contributed by atoms with Crippen LogP contribution in [0.4, 0.5) is 5.69 Å². The maximum Gasteiger partial charge on any atom is 0.348 e. The van der Waals surface area contributed by atoms with E-state index in [1.807, 2.05) is 43.3 Å². The summed E-state index contributed by atoms with van der Waals surface area (Å²) in [5.41, 5.74) is 2.13. The molecule has 2 aromatic rings. The fourth-order valence-electron chi connectivity index (χ4n) is 2.14. The lowest BCUT2D eigenvalue weighted by Crippen LogP contribution is -2.26. The second-order valence-corrected chi connectivity index (χ2v) is 5.92. The summed E-state index contributed by atoms with van der Waals surface area (Å²) >= 11 is 1.44. The van der Waals surface area contributed by atoms with Crippen molar-refractivity contribution in [3.05, 3.63) is 51.7 Å². The summed E-state index contributed by atoms with van der Waals surface area (Å²) in [4.78, 5) is 15.4. The van der Waals surface area contributed by atoms with Gasteiger partial charge < -0.3 is 14.7 Å². The zero-order valence-electron chi connectivity index (χ0n) is 12.2. The van der Waals surface area contributed by atoms with E-state index in [1.54, 1.807) is 0 Å². The molecule has 0 radical (unpaired) electrons. The number of nitrogens with zero attached hydrogens (tertiary/aromatic N) is 1. The van der Waals surface area contributed by atoms with Gasteiger partial charge in [-0.2, -0.15) is 0 Å². The third-order valence-corrected chi connectivity index (χ3v) is 4.33. The van der Waals surface area contributed by atoms with Gasteiger partial charge in [0.25, 0.3) is 0 Å². The van der Waals surface area contributed by atoms with E-state index in [0.29, 0.717) is 18.0 Å². The molecule has 0 unspecified atom stereocenters. The van der Waals surface area contributed by atoms with Gasteiger partial charge in [0.15, 0.2) is 0 Å². The van der Waals surface area contributed by atoms with Crippen molar-refractivity contribution >= 4 is 23.0 Å². The van der Waals surface area contributed by atoms with Crippen LogP contribution in [-0.4, -0.2) is 31.3 Å². The predicted octanol–water partition coefficient (Wildman–Crippen LogP) is 2.84. The zero-order valence-corrected chi connectivity index (χ0v) is 13.0. The van der Waals surface area contributed by atoms with Gasteiger partial charge in [-0.15, -0.1) is 11.3 Å². The van der Waals surface area contributed by atoms with Crippen LogP contribution >= 0.6 is 11.3 Å². The lowest BCUT2D eigenvalue weighted by molar-refractivity contribution is 0.0606. The first-order chi connectivity index (χ1) is 10.2. The highest BCUT2D eigenvalue weighted by Gasteiger charge is 2.15. The van der Waals surface area contributed by atoms with Gasteiger partial charge in [-0.05, 0) is 30.7 Å². The number of carbonyl (C=O) groups is 1. The fraction of sp³-hybridized carbons (Fsp3) is 0.312. The Bertz CT molecular complexity index is 595. The molecule has 2 rings (SSSR count). The van der Waals surface area contributed by atoms with E-state index in [0.717, 1.165) is 16.1 Å². The Balaban J connectivity index is 2.21. The molecular weight excluding hydrogens is 286 g/mol. The second kappa shape index (κ2) is 7.24. The lowest BCUT2D eigenvalue weighted by atomic mass is 10.2. The van der Waals surface area contributed by atoms with Crippen molar-refractivity contribution in [3.8, 4) is 0 Å². The molecule has 0 fully saturated rings. The average Bonchev–Trinajstić information content (AvgIpc) is 2.88. The van der Waals surface area contributed by atoms with Crippen molar-refractivity contribution in [2.24, 2.45) is 0 Å². The standard InChI is InChI=1S/C16H19NO3S/c1-12-13(10-15(21-12)16(19)20-2)11-17(8-9-18)14-6-4-3-5-7-14/h3-7,10,18H,8-9,11H2,1-2H3. The molecule has 0 aliphatic rings. The zero-order chi connectivity index (χ0) is 15.2. The Hall–Kier alpha value is -1.85. The molecule has 0 saturated heterocycles.